The Morgan fingerprint density at radius 3 is 2.28 bits per heavy atom. The number of carboxylic acids is 1. The summed E-state index contributed by atoms with van der Waals surface area (Å²) in [5.74, 6) is -2.21. The van der Waals surface area contributed by atoms with Crippen molar-refractivity contribution in [1.82, 2.24) is 9.99 Å². The van der Waals surface area contributed by atoms with E-state index in [1.165, 1.54) is 13.8 Å². The lowest BCUT2D eigenvalue weighted by Crippen LogP contribution is -2.48. The molecule has 7 nitrogen and oxygen atoms in total. The summed E-state index contributed by atoms with van der Waals surface area (Å²) in [6, 6.07) is -2.01. The number of carbonyl (C=O) groups is 3. The van der Waals surface area contributed by atoms with Gasteiger partial charge in [-0.05, 0) is 24.8 Å². The lowest BCUT2D eigenvalue weighted by molar-refractivity contribution is -0.142. The van der Waals surface area contributed by atoms with Crippen molar-refractivity contribution in [2.24, 2.45) is 0 Å². The molecular weight excluding hydrogens is 259 g/mol. The Balaban J connectivity index is 4.63. The van der Waals surface area contributed by atoms with Gasteiger partial charge < -0.3 is 10.4 Å². The van der Waals surface area contributed by atoms with Crippen LogP contribution >= 0.6 is 8.61 Å². The molecule has 0 aliphatic heterocycles. The molecule has 0 aliphatic rings. The number of hydrogen-bond acceptors (Lipinski definition) is 4. The number of rotatable bonds is 7. The van der Waals surface area contributed by atoms with Gasteiger partial charge in [-0.25, -0.2) is 0 Å². The van der Waals surface area contributed by atoms with Crippen LogP contribution < -0.4 is 5.32 Å². The molecule has 0 aliphatic carbocycles. The molecule has 0 heterocycles. The first-order valence-corrected chi connectivity index (χ1v) is 6.43. The second-order valence-electron chi connectivity index (χ2n) is 3.85. The fourth-order valence-electron chi connectivity index (χ4n) is 1.19. The lowest BCUT2D eigenvalue weighted by Gasteiger charge is -2.17. The third kappa shape index (κ3) is 4.79. The minimum atomic E-state index is -1.17. The topological polar surface area (TPSA) is 104 Å². The number of carboxylic acid groups (broad SMARTS) is 1. The summed E-state index contributed by atoms with van der Waals surface area (Å²) in [6.07, 6.45) is 0.779. The van der Waals surface area contributed by atoms with E-state index >= 15 is 0 Å². The van der Waals surface area contributed by atoms with Crippen LogP contribution in [-0.4, -0.2) is 39.6 Å². The molecule has 0 saturated carbocycles. The first-order chi connectivity index (χ1) is 8.34. The Morgan fingerprint density at radius 1 is 1.33 bits per heavy atom. The normalized spacial score (nSPS) is 13.7. The zero-order chi connectivity index (χ0) is 14.3. The van der Waals surface area contributed by atoms with Crippen LogP contribution in [0, 0.1) is 0 Å². The second kappa shape index (κ2) is 7.76. The van der Waals surface area contributed by atoms with E-state index in [1.54, 1.807) is 6.92 Å². The standard InChI is InChI=1S/C10H17N2O5P/c1-4-5-8(13)12(18-17)7(3)9(14)11-6(2)10(15)16/h6-7H,4-5H2,1-3H3,(H,11,14)(H,15,16)/p+1/t6-,7-/m0/s1. The van der Waals surface area contributed by atoms with Gasteiger partial charge in [0.25, 0.3) is 5.91 Å². The van der Waals surface area contributed by atoms with Crippen molar-refractivity contribution in [3.63, 3.8) is 0 Å². The Bertz CT molecular complexity index is 347. The molecule has 0 aromatic carbocycles. The van der Waals surface area contributed by atoms with Gasteiger partial charge in [0, 0.05) is 6.42 Å². The summed E-state index contributed by atoms with van der Waals surface area (Å²) >= 11 is 0. The van der Waals surface area contributed by atoms with Crippen molar-refractivity contribution in [2.45, 2.75) is 45.7 Å². The largest absolute Gasteiger partial charge is 0.480 e. The third-order valence-electron chi connectivity index (χ3n) is 2.33. The minimum absolute atomic E-state index is 0.196. The van der Waals surface area contributed by atoms with Crippen LogP contribution in [0.15, 0.2) is 0 Å². The van der Waals surface area contributed by atoms with E-state index in [1.807, 2.05) is 0 Å². The van der Waals surface area contributed by atoms with Gasteiger partial charge in [0.05, 0.1) is 0 Å². The van der Waals surface area contributed by atoms with Crippen LogP contribution in [0.5, 0.6) is 0 Å². The molecule has 0 aromatic rings. The molecule has 102 valence electrons. The number of carbonyl (C=O) groups excluding carboxylic acids is 2. The number of hydrogen-bond donors (Lipinski definition) is 2. The maximum atomic E-state index is 11.7. The molecule has 0 radical (unpaired) electrons. The average Bonchev–Trinajstić information content (AvgIpc) is 2.29. The highest BCUT2D eigenvalue weighted by molar-refractivity contribution is 7.22. The molecule has 3 atom stereocenters. The molecular formula is C10H18N2O5P+. The molecule has 1 unspecified atom stereocenters. The smallest absolute Gasteiger partial charge is 0.451 e. The first kappa shape index (κ1) is 16.5. The number of amides is 2. The first-order valence-electron chi connectivity index (χ1n) is 5.58. The summed E-state index contributed by atoms with van der Waals surface area (Å²) in [5, 5.41) is 10.9. The van der Waals surface area contributed by atoms with Crippen molar-refractivity contribution >= 4 is 26.4 Å². The highest BCUT2D eigenvalue weighted by Crippen LogP contribution is 2.14. The van der Waals surface area contributed by atoms with E-state index in [-0.39, 0.29) is 6.42 Å². The maximum absolute atomic E-state index is 11.7. The number of nitrogens with zero attached hydrogens (tertiary/aromatic N) is 1. The fourth-order valence-corrected chi connectivity index (χ4v) is 1.68. The summed E-state index contributed by atoms with van der Waals surface area (Å²) in [4.78, 5) is 33.8. The summed E-state index contributed by atoms with van der Waals surface area (Å²) in [6.45, 7) is 4.51. The molecule has 0 bridgehead atoms. The van der Waals surface area contributed by atoms with E-state index in [9.17, 15) is 18.9 Å². The molecule has 0 rings (SSSR count). The molecule has 2 amide bonds. The fraction of sp³-hybridized carbons (Fsp3) is 0.700. The second-order valence-corrected chi connectivity index (χ2v) is 4.51. The van der Waals surface area contributed by atoms with Crippen molar-refractivity contribution < 1.29 is 24.1 Å². The molecule has 2 N–H and O–H groups in total. The molecule has 18 heavy (non-hydrogen) atoms. The van der Waals surface area contributed by atoms with E-state index < -0.39 is 38.5 Å². The SMILES string of the molecule is CCCC(=O)N([PH+]=O)[C@@H](C)C(=O)N[C@@H](C)C(=O)O. The maximum Gasteiger partial charge on any atom is 0.451 e. The van der Waals surface area contributed by atoms with Crippen molar-refractivity contribution in [3.05, 3.63) is 0 Å². The molecule has 0 saturated heterocycles. The molecule has 8 heteroatoms. The summed E-state index contributed by atoms with van der Waals surface area (Å²) < 4.78 is 11.9. The Kier molecular flexibility index (Phi) is 7.12. The third-order valence-corrected chi connectivity index (χ3v) is 3.16. The average molecular weight is 277 g/mol. The molecule has 0 aromatic heterocycles. The zero-order valence-electron chi connectivity index (χ0n) is 10.6. The predicted molar refractivity (Wildman–Crippen MR) is 65.5 cm³/mol. The van der Waals surface area contributed by atoms with Gasteiger partial charge in [0.15, 0.2) is 6.04 Å². The number of nitrogens with one attached hydrogen (secondary N) is 1. The van der Waals surface area contributed by atoms with E-state index in [2.05, 4.69) is 5.32 Å². The van der Waals surface area contributed by atoms with E-state index in [0.717, 1.165) is 4.67 Å². The molecule has 0 fully saturated rings. The van der Waals surface area contributed by atoms with Crippen LogP contribution in [0.4, 0.5) is 0 Å². The van der Waals surface area contributed by atoms with Gasteiger partial charge in [-0.3, -0.25) is 14.4 Å². The van der Waals surface area contributed by atoms with Gasteiger partial charge in [-0.2, -0.15) is 0 Å². The lowest BCUT2D eigenvalue weighted by atomic mass is 10.2. The van der Waals surface area contributed by atoms with Gasteiger partial charge in [-0.15, -0.1) is 4.67 Å². The van der Waals surface area contributed by atoms with Crippen molar-refractivity contribution in [2.75, 3.05) is 0 Å². The van der Waals surface area contributed by atoms with Gasteiger partial charge >= 0.3 is 14.6 Å². The summed E-state index contributed by atoms with van der Waals surface area (Å²) in [5.41, 5.74) is 0. The highest BCUT2D eigenvalue weighted by Gasteiger charge is 2.32. The van der Waals surface area contributed by atoms with Crippen molar-refractivity contribution in [3.8, 4) is 0 Å². The van der Waals surface area contributed by atoms with Crippen LogP contribution in [0.1, 0.15) is 33.6 Å². The highest BCUT2D eigenvalue weighted by atomic mass is 31.1. The Morgan fingerprint density at radius 2 is 1.89 bits per heavy atom. The van der Waals surface area contributed by atoms with Crippen molar-refractivity contribution in [1.29, 1.82) is 0 Å². The monoisotopic (exact) mass is 277 g/mol. The quantitative estimate of drug-likeness (QED) is 0.661. The minimum Gasteiger partial charge on any atom is -0.480 e. The van der Waals surface area contributed by atoms with Gasteiger partial charge in [0.1, 0.15) is 6.04 Å². The summed E-state index contributed by atoms with van der Waals surface area (Å²) in [7, 11) is -1.07. The van der Waals surface area contributed by atoms with Crippen LogP contribution in [-0.2, 0) is 18.9 Å². The predicted octanol–water partition coefficient (Wildman–Crippen LogP) is 0.532. The van der Waals surface area contributed by atoms with Gasteiger partial charge in [-0.1, -0.05) is 6.92 Å². The van der Waals surface area contributed by atoms with Crippen LogP contribution in [0.25, 0.3) is 0 Å². The molecule has 0 spiro atoms. The van der Waals surface area contributed by atoms with Gasteiger partial charge in [0.2, 0.25) is 5.91 Å². The van der Waals surface area contributed by atoms with Crippen LogP contribution in [0.2, 0.25) is 0 Å². The van der Waals surface area contributed by atoms with E-state index in [0.29, 0.717) is 6.42 Å². The Hall–Kier alpha value is -1.49. The zero-order valence-corrected chi connectivity index (χ0v) is 11.6. The van der Waals surface area contributed by atoms with E-state index in [4.69, 9.17) is 5.11 Å². The Labute approximate surface area is 107 Å². The number of aliphatic carboxylic acids is 1. The van der Waals surface area contributed by atoms with Crippen LogP contribution in [0.3, 0.4) is 0 Å².